The highest BCUT2D eigenvalue weighted by Gasteiger charge is 2.13. The van der Waals surface area contributed by atoms with Crippen molar-refractivity contribution in [3.63, 3.8) is 0 Å². The van der Waals surface area contributed by atoms with Crippen LogP contribution in [0.3, 0.4) is 0 Å². The lowest BCUT2D eigenvalue weighted by atomic mass is 10.0. The van der Waals surface area contributed by atoms with Gasteiger partial charge in [-0.3, -0.25) is 4.79 Å². The number of aromatic hydroxyl groups is 1. The standard InChI is InChI=1S/C16H16BrNO2/c1-10-5-3-4-6-13(10)11(2)18-16(20)12-7-8-14(17)15(19)9-12/h3-9,11,19H,1-2H3,(H,18,20). The molecule has 0 spiro atoms. The van der Waals surface area contributed by atoms with Crippen LogP contribution < -0.4 is 5.32 Å². The zero-order chi connectivity index (χ0) is 14.7. The molecule has 1 atom stereocenters. The van der Waals surface area contributed by atoms with Crippen LogP contribution in [0, 0.1) is 6.92 Å². The Hall–Kier alpha value is -1.81. The first kappa shape index (κ1) is 14.6. The Morgan fingerprint density at radius 3 is 2.60 bits per heavy atom. The number of aryl methyl sites for hydroxylation is 1. The SMILES string of the molecule is Cc1ccccc1C(C)NC(=O)c1ccc(Br)c(O)c1. The van der Waals surface area contributed by atoms with Gasteiger partial charge in [0.2, 0.25) is 0 Å². The maximum atomic E-state index is 12.2. The molecule has 0 fully saturated rings. The average molecular weight is 334 g/mol. The summed E-state index contributed by atoms with van der Waals surface area (Å²) in [6.07, 6.45) is 0. The monoisotopic (exact) mass is 333 g/mol. The highest BCUT2D eigenvalue weighted by atomic mass is 79.9. The summed E-state index contributed by atoms with van der Waals surface area (Å²) in [5.74, 6) is -0.148. The molecular formula is C16H16BrNO2. The molecule has 0 aliphatic carbocycles. The van der Waals surface area contributed by atoms with Crippen molar-refractivity contribution in [2.75, 3.05) is 0 Å². The summed E-state index contributed by atoms with van der Waals surface area (Å²) in [5.41, 5.74) is 2.66. The highest BCUT2D eigenvalue weighted by molar-refractivity contribution is 9.10. The molecule has 2 N–H and O–H groups in total. The topological polar surface area (TPSA) is 49.3 Å². The van der Waals surface area contributed by atoms with Crippen LogP contribution in [0.15, 0.2) is 46.9 Å². The Bertz CT molecular complexity index is 640. The summed E-state index contributed by atoms with van der Waals surface area (Å²) in [4.78, 5) is 12.2. The summed E-state index contributed by atoms with van der Waals surface area (Å²) in [7, 11) is 0. The summed E-state index contributed by atoms with van der Waals surface area (Å²) >= 11 is 3.19. The second-order valence-corrected chi connectivity index (χ2v) is 5.57. The molecule has 0 bridgehead atoms. The second-order valence-electron chi connectivity index (χ2n) is 4.72. The minimum Gasteiger partial charge on any atom is -0.507 e. The molecule has 0 aliphatic rings. The number of hydrogen-bond acceptors (Lipinski definition) is 2. The predicted octanol–water partition coefficient (Wildman–Crippen LogP) is 3.95. The molecule has 104 valence electrons. The van der Waals surface area contributed by atoms with E-state index in [4.69, 9.17) is 0 Å². The third-order valence-electron chi connectivity index (χ3n) is 3.21. The van der Waals surface area contributed by atoms with E-state index >= 15 is 0 Å². The number of amides is 1. The number of phenols is 1. The number of carbonyl (C=O) groups excluding carboxylic acids is 1. The van der Waals surface area contributed by atoms with E-state index in [-0.39, 0.29) is 17.7 Å². The van der Waals surface area contributed by atoms with Crippen molar-refractivity contribution < 1.29 is 9.90 Å². The van der Waals surface area contributed by atoms with Crippen LogP contribution in [-0.4, -0.2) is 11.0 Å². The van der Waals surface area contributed by atoms with Gasteiger partial charge in [0, 0.05) is 5.56 Å². The lowest BCUT2D eigenvalue weighted by Gasteiger charge is -2.16. The molecule has 1 amide bonds. The Kier molecular flexibility index (Phi) is 4.45. The van der Waals surface area contributed by atoms with Gasteiger partial charge in [-0.05, 0) is 59.1 Å². The first-order valence-electron chi connectivity index (χ1n) is 6.34. The van der Waals surface area contributed by atoms with Crippen molar-refractivity contribution in [1.29, 1.82) is 0 Å². The fraction of sp³-hybridized carbons (Fsp3) is 0.188. The van der Waals surface area contributed by atoms with E-state index in [2.05, 4.69) is 21.2 Å². The molecule has 2 aromatic rings. The minimum atomic E-state index is -0.205. The number of rotatable bonds is 3. The fourth-order valence-electron chi connectivity index (χ4n) is 2.08. The summed E-state index contributed by atoms with van der Waals surface area (Å²) < 4.78 is 0.570. The van der Waals surface area contributed by atoms with Crippen LogP contribution in [0.1, 0.15) is 34.5 Å². The minimum absolute atomic E-state index is 0.0567. The number of benzene rings is 2. The van der Waals surface area contributed by atoms with Gasteiger partial charge in [-0.1, -0.05) is 24.3 Å². The predicted molar refractivity (Wildman–Crippen MR) is 82.9 cm³/mol. The summed E-state index contributed by atoms with van der Waals surface area (Å²) in [6, 6.07) is 12.6. The van der Waals surface area contributed by atoms with Crippen LogP contribution in [0.25, 0.3) is 0 Å². The van der Waals surface area contributed by atoms with Crippen LogP contribution in [0.5, 0.6) is 5.75 Å². The highest BCUT2D eigenvalue weighted by Crippen LogP contribution is 2.25. The van der Waals surface area contributed by atoms with E-state index in [0.29, 0.717) is 10.0 Å². The maximum Gasteiger partial charge on any atom is 0.251 e. The zero-order valence-electron chi connectivity index (χ0n) is 11.4. The summed E-state index contributed by atoms with van der Waals surface area (Å²) in [6.45, 7) is 3.96. The molecule has 4 heteroatoms. The van der Waals surface area contributed by atoms with Crippen molar-refractivity contribution in [1.82, 2.24) is 5.32 Å². The van der Waals surface area contributed by atoms with Gasteiger partial charge in [0.15, 0.2) is 0 Å². The lowest BCUT2D eigenvalue weighted by Crippen LogP contribution is -2.27. The van der Waals surface area contributed by atoms with E-state index < -0.39 is 0 Å². The number of hydrogen-bond donors (Lipinski definition) is 2. The third-order valence-corrected chi connectivity index (χ3v) is 3.88. The van der Waals surface area contributed by atoms with Crippen molar-refractivity contribution in [2.24, 2.45) is 0 Å². The van der Waals surface area contributed by atoms with Gasteiger partial charge in [-0.15, -0.1) is 0 Å². The fourth-order valence-corrected chi connectivity index (χ4v) is 2.33. The van der Waals surface area contributed by atoms with Gasteiger partial charge in [0.1, 0.15) is 5.75 Å². The zero-order valence-corrected chi connectivity index (χ0v) is 12.9. The molecule has 2 rings (SSSR count). The first-order chi connectivity index (χ1) is 9.49. The van der Waals surface area contributed by atoms with E-state index in [1.54, 1.807) is 12.1 Å². The normalized spacial score (nSPS) is 11.9. The van der Waals surface area contributed by atoms with Crippen LogP contribution >= 0.6 is 15.9 Å². The molecule has 20 heavy (non-hydrogen) atoms. The Morgan fingerprint density at radius 2 is 1.95 bits per heavy atom. The van der Waals surface area contributed by atoms with Crippen LogP contribution in [0.4, 0.5) is 0 Å². The van der Waals surface area contributed by atoms with E-state index in [0.717, 1.165) is 11.1 Å². The van der Waals surface area contributed by atoms with Gasteiger partial charge in [-0.25, -0.2) is 0 Å². The maximum absolute atomic E-state index is 12.2. The molecule has 0 aromatic heterocycles. The van der Waals surface area contributed by atoms with Gasteiger partial charge >= 0.3 is 0 Å². The first-order valence-corrected chi connectivity index (χ1v) is 7.13. The van der Waals surface area contributed by atoms with E-state index in [9.17, 15) is 9.90 Å². The molecule has 0 saturated heterocycles. The Balaban J connectivity index is 2.15. The molecular weight excluding hydrogens is 318 g/mol. The van der Waals surface area contributed by atoms with Crippen molar-refractivity contribution in [3.05, 3.63) is 63.6 Å². The molecule has 1 unspecified atom stereocenters. The quantitative estimate of drug-likeness (QED) is 0.893. The Labute approximate surface area is 126 Å². The van der Waals surface area contributed by atoms with E-state index in [1.807, 2.05) is 38.1 Å². The molecule has 0 radical (unpaired) electrons. The molecule has 3 nitrogen and oxygen atoms in total. The lowest BCUT2D eigenvalue weighted by molar-refractivity contribution is 0.0939. The van der Waals surface area contributed by atoms with Gasteiger partial charge in [0.25, 0.3) is 5.91 Å². The van der Waals surface area contributed by atoms with Crippen LogP contribution in [0.2, 0.25) is 0 Å². The molecule has 0 heterocycles. The van der Waals surface area contributed by atoms with Gasteiger partial charge in [-0.2, -0.15) is 0 Å². The van der Waals surface area contributed by atoms with Gasteiger partial charge < -0.3 is 10.4 Å². The number of halogens is 1. The summed E-state index contributed by atoms with van der Waals surface area (Å²) in [5, 5.41) is 12.6. The number of carbonyl (C=O) groups is 1. The molecule has 2 aromatic carbocycles. The largest absolute Gasteiger partial charge is 0.507 e. The molecule has 0 saturated carbocycles. The van der Waals surface area contributed by atoms with Crippen molar-refractivity contribution >= 4 is 21.8 Å². The number of phenolic OH excluding ortho intramolecular Hbond substituents is 1. The Morgan fingerprint density at radius 1 is 1.25 bits per heavy atom. The van der Waals surface area contributed by atoms with Crippen molar-refractivity contribution in [3.8, 4) is 5.75 Å². The van der Waals surface area contributed by atoms with Crippen LogP contribution in [-0.2, 0) is 0 Å². The number of nitrogens with one attached hydrogen (secondary N) is 1. The smallest absolute Gasteiger partial charge is 0.251 e. The van der Waals surface area contributed by atoms with Crippen molar-refractivity contribution in [2.45, 2.75) is 19.9 Å². The van der Waals surface area contributed by atoms with E-state index in [1.165, 1.54) is 6.07 Å². The molecule has 0 aliphatic heterocycles. The third kappa shape index (κ3) is 3.20. The second kappa shape index (κ2) is 6.09. The average Bonchev–Trinajstić information content (AvgIpc) is 2.42. The van der Waals surface area contributed by atoms with Gasteiger partial charge in [0.05, 0.1) is 10.5 Å².